The van der Waals surface area contributed by atoms with E-state index in [0.29, 0.717) is 32.4 Å². The largest absolute Gasteiger partial charge is 0.481 e. The van der Waals surface area contributed by atoms with E-state index in [1.54, 1.807) is 4.90 Å². The Kier molecular flexibility index (Phi) is 5.20. The lowest BCUT2D eigenvalue weighted by Gasteiger charge is -2.36. The smallest absolute Gasteiger partial charge is 0.307 e. The van der Waals surface area contributed by atoms with Crippen LogP contribution < -0.4 is 5.73 Å². The fraction of sp³-hybridized carbons (Fsp3) is 0.800. The number of nitrogens with two attached hydrogens (primary N) is 1. The van der Waals surface area contributed by atoms with Crippen molar-refractivity contribution in [2.45, 2.75) is 44.9 Å². The molecule has 2 amide bonds. The van der Waals surface area contributed by atoms with Crippen LogP contribution in [0.15, 0.2) is 0 Å². The van der Waals surface area contributed by atoms with Gasteiger partial charge in [-0.3, -0.25) is 14.4 Å². The summed E-state index contributed by atoms with van der Waals surface area (Å²) in [7, 11) is 0. The van der Waals surface area contributed by atoms with Crippen molar-refractivity contribution in [3.05, 3.63) is 0 Å². The second-order valence-corrected chi connectivity index (χ2v) is 6.27. The minimum atomic E-state index is -0.850. The highest BCUT2D eigenvalue weighted by atomic mass is 16.4. The molecule has 6 nitrogen and oxygen atoms in total. The third-order valence-corrected chi connectivity index (χ3v) is 4.82. The van der Waals surface area contributed by atoms with Crippen molar-refractivity contribution < 1.29 is 19.5 Å². The predicted octanol–water partition coefficient (Wildman–Crippen LogP) is 0.991. The molecule has 2 unspecified atom stereocenters. The molecule has 1 saturated carbocycles. The van der Waals surface area contributed by atoms with E-state index in [1.807, 2.05) is 0 Å². The van der Waals surface area contributed by atoms with E-state index in [4.69, 9.17) is 5.73 Å². The first-order valence-electron chi connectivity index (χ1n) is 7.79. The van der Waals surface area contributed by atoms with E-state index < -0.39 is 11.9 Å². The molecule has 3 N–H and O–H groups in total. The fourth-order valence-corrected chi connectivity index (χ4v) is 3.60. The lowest BCUT2D eigenvalue weighted by atomic mass is 9.78. The van der Waals surface area contributed by atoms with Gasteiger partial charge in [0, 0.05) is 19.5 Å². The number of carbonyl (C=O) groups excluding carboxylic acids is 2. The van der Waals surface area contributed by atoms with Gasteiger partial charge in [-0.1, -0.05) is 12.8 Å². The molecule has 2 rings (SSSR count). The second kappa shape index (κ2) is 6.91. The molecule has 1 aliphatic carbocycles. The molecule has 0 aromatic carbocycles. The Balaban J connectivity index is 1.91. The Hall–Kier alpha value is -1.59. The molecule has 0 radical (unpaired) electrons. The molecule has 0 bridgehead atoms. The number of aliphatic carboxylic acids is 1. The Morgan fingerprint density at radius 2 is 1.57 bits per heavy atom. The molecule has 1 heterocycles. The van der Waals surface area contributed by atoms with Crippen molar-refractivity contribution in [3.63, 3.8) is 0 Å². The number of carboxylic acid groups (broad SMARTS) is 1. The minimum absolute atomic E-state index is 0.0142. The van der Waals surface area contributed by atoms with Crippen LogP contribution in [0.3, 0.4) is 0 Å². The first kappa shape index (κ1) is 15.8. The number of nitrogens with zero attached hydrogens (tertiary/aromatic N) is 1. The third kappa shape index (κ3) is 3.95. The summed E-state index contributed by atoms with van der Waals surface area (Å²) < 4.78 is 0. The Bertz CT molecular complexity index is 416. The van der Waals surface area contributed by atoms with Crippen LogP contribution in [0.1, 0.15) is 44.9 Å². The van der Waals surface area contributed by atoms with Gasteiger partial charge < -0.3 is 15.7 Å². The van der Waals surface area contributed by atoms with Gasteiger partial charge in [0.15, 0.2) is 0 Å². The van der Waals surface area contributed by atoms with Crippen LogP contribution in [0.5, 0.6) is 0 Å². The second-order valence-electron chi connectivity index (χ2n) is 6.27. The molecule has 1 saturated heterocycles. The summed E-state index contributed by atoms with van der Waals surface area (Å²) in [5.74, 6) is -1.80. The molecule has 2 fully saturated rings. The number of likely N-dealkylation sites (tertiary alicyclic amines) is 1. The normalized spacial score (nSPS) is 27.3. The van der Waals surface area contributed by atoms with Crippen molar-refractivity contribution in [2.75, 3.05) is 13.1 Å². The summed E-state index contributed by atoms with van der Waals surface area (Å²) in [5.41, 5.74) is 5.20. The molecule has 118 valence electrons. The summed E-state index contributed by atoms with van der Waals surface area (Å²) in [5, 5.41) is 9.27. The van der Waals surface area contributed by atoms with Crippen LogP contribution in [0.25, 0.3) is 0 Å². The Morgan fingerprint density at radius 3 is 2.10 bits per heavy atom. The van der Waals surface area contributed by atoms with Crippen LogP contribution in [0, 0.1) is 17.8 Å². The molecule has 0 aromatic heterocycles. The first-order valence-corrected chi connectivity index (χ1v) is 7.79. The summed E-state index contributed by atoms with van der Waals surface area (Å²) in [6, 6.07) is 0. The molecule has 2 atom stereocenters. The summed E-state index contributed by atoms with van der Waals surface area (Å²) in [6.45, 7) is 1.22. The number of carboxylic acids is 1. The van der Waals surface area contributed by atoms with Crippen molar-refractivity contribution >= 4 is 17.8 Å². The number of hydrogen-bond acceptors (Lipinski definition) is 3. The lowest BCUT2D eigenvalue weighted by molar-refractivity contribution is -0.153. The molecule has 1 aliphatic heterocycles. The first-order chi connectivity index (χ1) is 9.99. The van der Waals surface area contributed by atoms with E-state index in [-0.39, 0.29) is 23.7 Å². The molecule has 6 heteroatoms. The van der Waals surface area contributed by atoms with Crippen molar-refractivity contribution in [3.8, 4) is 0 Å². The molecular weight excluding hydrogens is 272 g/mol. The number of piperidine rings is 1. The van der Waals surface area contributed by atoms with E-state index >= 15 is 0 Å². The van der Waals surface area contributed by atoms with Crippen LogP contribution >= 0.6 is 0 Å². The van der Waals surface area contributed by atoms with Gasteiger partial charge >= 0.3 is 5.97 Å². The highest BCUT2D eigenvalue weighted by molar-refractivity contribution is 5.85. The van der Waals surface area contributed by atoms with Crippen molar-refractivity contribution in [1.29, 1.82) is 0 Å². The Labute approximate surface area is 124 Å². The predicted molar refractivity (Wildman–Crippen MR) is 76.2 cm³/mol. The summed E-state index contributed by atoms with van der Waals surface area (Å²) in [6.07, 6.45) is 5.03. The highest BCUT2D eigenvalue weighted by Gasteiger charge is 2.38. The lowest BCUT2D eigenvalue weighted by Crippen LogP contribution is -2.46. The van der Waals surface area contributed by atoms with Crippen LogP contribution in [0.2, 0.25) is 0 Å². The fourth-order valence-electron chi connectivity index (χ4n) is 3.60. The molecule has 0 aromatic rings. The van der Waals surface area contributed by atoms with E-state index in [1.165, 1.54) is 0 Å². The highest BCUT2D eigenvalue weighted by Crippen LogP contribution is 2.33. The SMILES string of the molecule is NC(=O)CC1CCN(C(=O)C2CCCCC2C(=O)O)CC1. The van der Waals surface area contributed by atoms with E-state index in [2.05, 4.69) is 0 Å². The van der Waals surface area contributed by atoms with E-state index in [0.717, 1.165) is 25.7 Å². The maximum atomic E-state index is 12.6. The summed E-state index contributed by atoms with van der Waals surface area (Å²) in [4.78, 5) is 36.6. The van der Waals surface area contributed by atoms with Gasteiger partial charge in [0.25, 0.3) is 0 Å². The van der Waals surface area contributed by atoms with Crippen molar-refractivity contribution in [2.24, 2.45) is 23.5 Å². The van der Waals surface area contributed by atoms with Gasteiger partial charge in [-0.25, -0.2) is 0 Å². The molecule has 0 spiro atoms. The number of primary amides is 1. The maximum Gasteiger partial charge on any atom is 0.307 e. The maximum absolute atomic E-state index is 12.6. The number of carbonyl (C=O) groups is 3. The molecule has 21 heavy (non-hydrogen) atoms. The average Bonchev–Trinajstić information content (AvgIpc) is 2.46. The van der Waals surface area contributed by atoms with Gasteiger partial charge in [0.05, 0.1) is 11.8 Å². The third-order valence-electron chi connectivity index (χ3n) is 4.82. The number of hydrogen-bond donors (Lipinski definition) is 2. The minimum Gasteiger partial charge on any atom is -0.481 e. The van der Waals surface area contributed by atoms with E-state index in [9.17, 15) is 19.5 Å². The van der Waals surface area contributed by atoms with Crippen LogP contribution in [-0.4, -0.2) is 40.9 Å². The topological polar surface area (TPSA) is 101 Å². The average molecular weight is 296 g/mol. The van der Waals surface area contributed by atoms with Gasteiger partial charge in [-0.2, -0.15) is 0 Å². The quantitative estimate of drug-likeness (QED) is 0.807. The standard InChI is InChI=1S/C15H24N2O4/c16-13(18)9-10-5-7-17(8-6-10)14(19)11-3-1-2-4-12(11)15(20)21/h10-12H,1-9H2,(H2,16,18)(H,20,21). The summed E-state index contributed by atoms with van der Waals surface area (Å²) >= 11 is 0. The number of amides is 2. The van der Waals surface area contributed by atoms with Crippen LogP contribution in [-0.2, 0) is 14.4 Å². The monoisotopic (exact) mass is 296 g/mol. The zero-order valence-corrected chi connectivity index (χ0v) is 12.3. The zero-order chi connectivity index (χ0) is 15.4. The molecule has 2 aliphatic rings. The van der Waals surface area contributed by atoms with Crippen LogP contribution in [0.4, 0.5) is 0 Å². The molecular formula is C15H24N2O4. The zero-order valence-electron chi connectivity index (χ0n) is 12.3. The van der Waals surface area contributed by atoms with Crippen molar-refractivity contribution in [1.82, 2.24) is 4.90 Å². The van der Waals surface area contributed by atoms with Gasteiger partial charge in [0.2, 0.25) is 11.8 Å². The van der Waals surface area contributed by atoms with Gasteiger partial charge in [-0.15, -0.1) is 0 Å². The Morgan fingerprint density at radius 1 is 1.00 bits per heavy atom. The number of rotatable bonds is 4. The van der Waals surface area contributed by atoms with Gasteiger partial charge in [0.1, 0.15) is 0 Å². The van der Waals surface area contributed by atoms with Gasteiger partial charge in [-0.05, 0) is 31.6 Å².